The molecule has 1 saturated carbocycles. The normalized spacial score (nSPS) is 26.5. The summed E-state index contributed by atoms with van der Waals surface area (Å²) in [6.45, 7) is 5.75. The summed E-state index contributed by atoms with van der Waals surface area (Å²) in [5.41, 5.74) is -1.19. The van der Waals surface area contributed by atoms with Gasteiger partial charge in [-0.1, -0.05) is 6.42 Å². The van der Waals surface area contributed by atoms with Crippen molar-refractivity contribution in [2.45, 2.75) is 70.2 Å². The Hall–Kier alpha value is -1.10. The second kappa shape index (κ2) is 5.12. The third-order valence-electron chi connectivity index (χ3n) is 3.68. The van der Waals surface area contributed by atoms with E-state index in [2.05, 4.69) is 0 Å². The van der Waals surface area contributed by atoms with Gasteiger partial charge in [-0.3, -0.25) is 4.90 Å². The van der Waals surface area contributed by atoms with E-state index in [4.69, 9.17) is 9.47 Å². The minimum atomic E-state index is -0.619. The van der Waals surface area contributed by atoms with Gasteiger partial charge in [-0.15, -0.1) is 0 Å². The third kappa shape index (κ3) is 2.91. The standard InChI is InChI=1S/C14H23NO4/c1-13(2,3)19-12(17)15-11(9-16)10-18-14(15)7-5-4-6-8-14/h9,11H,4-8,10H2,1-3H3. The molecule has 0 radical (unpaired) electrons. The Labute approximate surface area is 114 Å². The van der Waals surface area contributed by atoms with E-state index in [-0.39, 0.29) is 6.61 Å². The molecule has 1 heterocycles. The van der Waals surface area contributed by atoms with Gasteiger partial charge in [0.05, 0.1) is 6.61 Å². The minimum Gasteiger partial charge on any atom is -0.444 e. The molecule has 5 nitrogen and oxygen atoms in total. The number of hydrogen-bond donors (Lipinski definition) is 0. The lowest BCUT2D eigenvalue weighted by molar-refractivity contribution is -0.119. The summed E-state index contributed by atoms with van der Waals surface area (Å²) in [6.07, 6.45) is 5.11. The van der Waals surface area contributed by atoms with Crippen LogP contribution in [0.5, 0.6) is 0 Å². The number of nitrogens with zero attached hydrogens (tertiary/aromatic N) is 1. The molecule has 0 aromatic rings. The van der Waals surface area contributed by atoms with E-state index in [0.29, 0.717) is 0 Å². The molecule has 0 aromatic carbocycles. The van der Waals surface area contributed by atoms with Gasteiger partial charge in [0, 0.05) is 0 Å². The van der Waals surface area contributed by atoms with Crippen molar-refractivity contribution in [2.75, 3.05) is 6.61 Å². The van der Waals surface area contributed by atoms with Gasteiger partial charge in [-0.25, -0.2) is 4.79 Å². The molecule has 2 rings (SSSR count). The van der Waals surface area contributed by atoms with Gasteiger partial charge in [0.2, 0.25) is 0 Å². The molecule has 2 aliphatic rings. The molecule has 1 aliphatic heterocycles. The zero-order valence-electron chi connectivity index (χ0n) is 12.0. The molecular formula is C14H23NO4. The molecule has 0 aromatic heterocycles. The molecule has 0 bridgehead atoms. The molecule has 5 heteroatoms. The molecule has 19 heavy (non-hydrogen) atoms. The van der Waals surface area contributed by atoms with Crippen molar-refractivity contribution in [1.82, 2.24) is 4.90 Å². The van der Waals surface area contributed by atoms with Crippen LogP contribution in [0.15, 0.2) is 0 Å². The van der Waals surface area contributed by atoms with Gasteiger partial charge in [0.25, 0.3) is 0 Å². The van der Waals surface area contributed by atoms with Crippen molar-refractivity contribution in [3.05, 3.63) is 0 Å². The number of carbonyl (C=O) groups excluding carboxylic acids is 2. The molecule has 1 saturated heterocycles. The van der Waals surface area contributed by atoms with E-state index < -0.39 is 23.5 Å². The monoisotopic (exact) mass is 269 g/mol. The Morgan fingerprint density at radius 2 is 1.95 bits per heavy atom. The summed E-state index contributed by atoms with van der Waals surface area (Å²) in [6, 6.07) is -0.520. The Morgan fingerprint density at radius 3 is 2.47 bits per heavy atom. The Kier molecular flexibility index (Phi) is 3.85. The van der Waals surface area contributed by atoms with Gasteiger partial charge < -0.3 is 14.3 Å². The zero-order valence-corrected chi connectivity index (χ0v) is 12.0. The van der Waals surface area contributed by atoms with Crippen molar-refractivity contribution in [2.24, 2.45) is 0 Å². The van der Waals surface area contributed by atoms with E-state index in [1.165, 1.54) is 4.90 Å². The predicted octanol–water partition coefficient (Wildman–Crippen LogP) is 2.48. The lowest BCUT2D eigenvalue weighted by Gasteiger charge is -2.41. The number of aldehydes is 1. The Morgan fingerprint density at radius 1 is 1.32 bits per heavy atom. The second-order valence-electron chi connectivity index (χ2n) is 6.37. The van der Waals surface area contributed by atoms with Crippen LogP contribution < -0.4 is 0 Å². The summed E-state index contributed by atoms with van der Waals surface area (Å²) in [5, 5.41) is 0. The summed E-state index contributed by atoms with van der Waals surface area (Å²) in [5.74, 6) is 0. The first-order valence-electron chi connectivity index (χ1n) is 6.99. The van der Waals surface area contributed by atoms with Crippen LogP contribution in [-0.4, -0.2) is 41.3 Å². The molecule has 108 valence electrons. The van der Waals surface area contributed by atoms with Crippen LogP contribution in [-0.2, 0) is 14.3 Å². The van der Waals surface area contributed by atoms with Crippen LogP contribution in [0.1, 0.15) is 52.9 Å². The first-order valence-corrected chi connectivity index (χ1v) is 6.99. The lowest BCUT2D eigenvalue weighted by Crippen LogP contribution is -2.54. The quantitative estimate of drug-likeness (QED) is 0.686. The van der Waals surface area contributed by atoms with Crippen molar-refractivity contribution >= 4 is 12.4 Å². The average Bonchev–Trinajstić information content (AvgIpc) is 2.66. The molecule has 2 fully saturated rings. The smallest absolute Gasteiger partial charge is 0.413 e. The molecule has 1 spiro atoms. The van der Waals surface area contributed by atoms with Gasteiger partial charge in [-0.2, -0.15) is 0 Å². The maximum absolute atomic E-state index is 12.4. The van der Waals surface area contributed by atoms with E-state index >= 15 is 0 Å². The van der Waals surface area contributed by atoms with Gasteiger partial charge in [-0.05, 0) is 46.5 Å². The molecule has 1 atom stereocenters. The maximum atomic E-state index is 12.4. The summed E-state index contributed by atoms with van der Waals surface area (Å²) in [4.78, 5) is 25.1. The molecule has 1 unspecified atom stereocenters. The summed E-state index contributed by atoms with van der Waals surface area (Å²) < 4.78 is 11.3. The van der Waals surface area contributed by atoms with Crippen LogP contribution in [0.4, 0.5) is 4.79 Å². The fourth-order valence-electron chi connectivity index (χ4n) is 2.89. The first kappa shape index (κ1) is 14.3. The van der Waals surface area contributed by atoms with Gasteiger partial charge in [0.1, 0.15) is 23.7 Å². The highest BCUT2D eigenvalue weighted by Gasteiger charge is 2.51. The van der Waals surface area contributed by atoms with Crippen LogP contribution in [0.3, 0.4) is 0 Å². The van der Waals surface area contributed by atoms with Crippen molar-refractivity contribution in [3.63, 3.8) is 0 Å². The highest BCUT2D eigenvalue weighted by Crippen LogP contribution is 2.40. The second-order valence-corrected chi connectivity index (χ2v) is 6.37. The summed E-state index contributed by atoms with van der Waals surface area (Å²) >= 11 is 0. The fraction of sp³-hybridized carbons (Fsp3) is 0.857. The Balaban J connectivity index is 2.20. The number of carbonyl (C=O) groups is 2. The number of ether oxygens (including phenoxy) is 2. The fourth-order valence-corrected chi connectivity index (χ4v) is 2.89. The highest BCUT2D eigenvalue weighted by atomic mass is 16.6. The predicted molar refractivity (Wildman–Crippen MR) is 69.7 cm³/mol. The Bertz CT molecular complexity index is 355. The van der Waals surface area contributed by atoms with Gasteiger partial charge in [0.15, 0.2) is 0 Å². The molecule has 0 N–H and O–H groups in total. The lowest BCUT2D eigenvalue weighted by atomic mass is 9.90. The number of rotatable bonds is 1. The molecule has 1 amide bonds. The SMILES string of the molecule is CC(C)(C)OC(=O)N1C(C=O)COC12CCCCC2. The molecule has 1 aliphatic carbocycles. The minimum absolute atomic E-state index is 0.280. The third-order valence-corrected chi connectivity index (χ3v) is 3.68. The number of hydrogen-bond acceptors (Lipinski definition) is 4. The van der Waals surface area contributed by atoms with Crippen LogP contribution >= 0.6 is 0 Å². The number of amides is 1. The van der Waals surface area contributed by atoms with Gasteiger partial charge >= 0.3 is 6.09 Å². The van der Waals surface area contributed by atoms with E-state index in [9.17, 15) is 9.59 Å². The highest BCUT2D eigenvalue weighted by molar-refractivity contribution is 5.75. The maximum Gasteiger partial charge on any atom is 0.413 e. The van der Waals surface area contributed by atoms with Crippen LogP contribution in [0.25, 0.3) is 0 Å². The first-order chi connectivity index (χ1) is 8.88. The molecular weight excluding hydrogens is 246 g/mol. The van der Waals surface area contributed by atoms with Crippen molar-refractivity contribution in [1.29, 1.82) is 0 Å². The average molecular weight is 269 g/mol. The zero-order chi connectivity index (χ0) is 14.1. The van der Waals surface area contributed by atoms with Crippen molar-refractivity contribution < 1.29 is 19.1 Å². The van der Waals surface area contributed by atoms with E-state index in [1.807, 2.05) is 20.8 Å². The van der Waals surface area contributed by atoms with Crippen LogP contribution in [0.2, 0.25) is 0 Å². The van der Waals surface area contributed by atoms with Crippen LogP contribution in [0, 0.1) is 0 Å². The topological polar surface area (TPSA) is 55.8 Å². The van der Waals surface area contributed by atoms with E-state index in [1.54, 1.807) is 0 Å². The largest absolute Gasteiger partial charge is 0.444 e. The summed E-state index contributed by atoms with van der Waals surface area (Å²) in [7, 11) is 0. The van der Waals surface area contributed by atoms with E-state index in [0.717, 1.165) is 38.4 Å². The van der Waals surface area contributed by atoms with Crippen molar-refractivity contribution in [3.8, 4) is 0 Å².